The van der Waals surface area contributed by atoms with E-state index in [0.29, 0.717) is 11.3 Å². The Hall–Kier alpha value is -3.71. The number of nitrogens with one attached hydrogen (secondary N) is 4. The first-order valence-corrected chi connectivity index (χ1v) is 11.0. The van der Waals surface area contributed by atoms with Crippen molar-refractivity contribution in [2.45, 2.75) is 38.8 Å². The number of anilines is 1. The largest absolute Gasteiger partial charge is 0.391 e. The number of unbranched alkanes of at least 4 members (excludes halogenated alkanes) is 1. The summed E-state index contributed by atoms with van der Waals surface area (Å²) in [6.45, 7) is 4.50. The molecule has 2 aromatic rings. The zero-order valence-electron chi connectivity index (χ0n) is 19.2. The van der Waals surface area contributed by atoms with Crippen molar-refractivity contribution in [1.29, 1.82) is 0 Å². The molecule has 0 heterocycles. The van der Waals surface area contributed by atoms with Gasteiger partial charge in [0.05, 0.1) is 12.6 Å². The Bertz CT molecular complexity index is 1020. The normalized spacial score (nSPS) is 12.0. The smallest absolute Gasteiger partial charge is 0.268 e. The van der Waals surface area contributed by atoms with E-state index < -0.39 is 24.0 Å². The maximum absolute atomic E-state index is 12.3. The van der Waals surface area contributed by atoms with Gasteiger partial charge in [-0.1, -0.05) is 25.2 Å². The van der Waals surface area contributed by atoms with E-state index in [9.17, 15) is 19.5 Å². The summed E-state index contributed by atoms with van der Waals surface area (Å²) in [7, 11) is 0. The molecule has 0 unspecified atom stereocenters. The molecule has 34 heavy (non-hydrogen) atoms. The molecule has 0 aliphatic heterocycles. The van der Waals surface area contributed by atoms with Crippen LogP contribution < -0.4 is 21.4 Å². The van der Waals surface area contributed by atoms with Crippen LogP contribution in [-0.2, 0) is 9.59 Å². The van der Waals surface area contributed by atoms with E-state index in [1.165, 1.54) is 12.4 Å². The van der Waals surface area contributed by atoms with Crippen LogP contribution in [0.4, 0.5) is 5.69 Å². The van der Waals surface area contributed by atoms with Gasteiger partial charge in [0.2, 0.25) is 5.91 Å². The van der Waals surface area contributed by atoms with Gasteiger partial charge in [0.15, 0.2) is 0 Å². The quantitative estimate of drug-likeness (QED) is 0.135. The number of carbonyl (C=O) groups is 3. The predicted molar refractivity (Wildman–Crippen MR) is 128 cm³/mol. The van der Waals surface area contributed by atoms with Crippen LogP contribution in [0, 0.1) is 11.8 Å². The van der Waals surface area contributed by atoms with Gasteiger partial charge in [0.25, 0.3) is 11.8 Å². The lowest BCUT2D eigenvalue weighted by Gasteiger charge is -2.19. The molecule has 0 spiro atoms. The maximum Gasteiger partial charge on any atom is 0.268 e. The SMILES string of the molecule is CCCCNCC(=O)Nc1ccc(C#Cc2ccc(C(=O)N[C@H](C(=O)NO)[C@@H](C)O)cc2)cc1. The molecule has 6 N–H and O–H groups in total. The van der Waals surface area contributed by atoms with Gasteiger partial charge in [-0.05, 0) is 68.4 Å². The third-order valence-corrected chi connectivity index (χ3v) is 4.82. The third kappa shape index (κ3) is 8.67. The van der Waals surface area contributed by atoms with Crippen LogP contribution in [-0.4, -0.2) is 53.3 Å². The Morgan fingerprint density at radius 2 is 1.56 bits per heavy atom. The van der Waals surface area contributed by atoms with E-state index in [4.69, 9.17) is 5.21 Å². The van der Waals surface area contributed by atoms with Crippen molar-refractivity contribution in [2.75, 3.05) is 18.4 Å². The van der Waals surface area contributed by atoms with Gasteiger partial charge in [-0.3, -0.25) is 19.6 Å². The van der Waals surface area contributed by atoms with E-state index >= 15 is 0 Å². The first-order valence-electron chi connectivity index (χ1n) is 11.0. The summed E-state index contributed by atoms with van der Waals surface area (Å²) in [5, 5.41) is 26.6. The number of carbonyl (C=O) groups excluding carboxylic acids is 3. The number of aliphatic hydroxyl groups is 1. The summed E-state index contributed by atoms with van der Waals surface area (Å²) in [5.74, 6) is 4.42. The van der Waals surface area contributed by atoms with Crippen LogP contribution in [0.2, 0.25) is 0 Å². The van der Waals surface area contributed by atoms with Crippen LogP contribution in [0.3, 0.4) is 0 Å². The third-order valence-electron chi connectivity index (χ3n) is 4.82. The van der Waals surface area contributed by atoms with Crippen LogP contribution in [0.1, 0.15) is 48.2 Å². The van der Waals surface area contributed by atoms with Crippen molar-refractivity contribution in [3.05, 3.63) is 65.2 Å². The number of benzene rings is 2. The Balaban J connectivity index is 1.93. The number of hydrogen-bond acceptors (Lipinski definition) is 6. The lowest BCUT2D eigenvalue weighted by Crippen LogP contribution is -2.51. The molecule has 2 aromatic carbocycles. The minimum absolute atomic E-state index is 0.101. The van der Waals surface area contributed by atoms with Gasteiger partial charge in [0.1, 0.15) is 6.04 Å². The van der Waals surface area contributed by atoms with Crippen molar-refractivity contribution in [2.24, 2.45) is 0 Å². The molecule has 0 saturated carbocycles. The first-order chi connectivity index (χ1) is 16.3. The molecule has 2 rings (SSSR count). The van der Waals surface area contributed by atoms with Crippen molar-refractivity contribution in [1.82, 2.24) is 16.1 Å². The zero-order chi connectivity index (χ0) is 24.9. The van der Waals surface area contributed by atoms with Crippen molar-refractivity contribution in [3.8, 4) is 11.8 Å². The molecule has 9 nitrogen and oxygen atoms in total. The second-order valence-corrected chi connectivity index (χ2v) is 7.65. The van der Waals surface area contributed by atoms with E-state index in [2.05, 4.69) is 34.7 Å². The first kappa shape index (κ1) is 26.5. The van der Waals surface area contributed by atoms with Crippen LogP contribution in [0.25, 0.3) is 0 Å². The molecule has 0 aliphatic rings. The van der Waals surface area contributed by atoms with Crippen molar-refractivity contribution >= 4 is 23.4 Å². The zero-order valence-corrected chi connectivity index (χ0v) is 19.2. The Morgan fingerprint density at radius 3 is 2.09 bits per heavy atom. The molecule has 0 fully saturated rings. The average Bonchev–Trinajstić information content (AvgIpc) is 2.84. The molecule has 0 saturated heterocycles. The van der Waals surface area contributed by atoms with Gasteiger partial charge >= 0.3 is 0 Å². The van der Waals surface area contributed by atoms with Crippen LogP contribution in [0.15, 0.2) is 48.5 Å². The second kappa shape index (κ2) is 13.7. The monoisotopic (exact) mass is 466 g/mol. The summed E-state index contributed by atoms with van der Waals surface area (Å²) in [4.78, 5) is 35.8. The highest BCUT2D eigenvalue weighted by molar-refractivity contribution is 5.97. The Morgan fingerprint density at radius 1 is 0.971 bits per heavy atom. The van der Waals surface area contributed by atoms with Crippen LogP contribution in [0.5, 0.6) is 0 Å². The van der Waals surface area contributed by atoms with E-state index in [0.717, 1.165) is 24.9 Å². The Labute approximate surface area is 198 Å². The van der Waals surface area contributed by atoms with Gasteiger partial charge in [-0.15, -0.1) is 0 Å². The van der Waals surface area contributed by atoms with E-state index in [-0.39, 0.29) is 18.0 Å². The minimum Gasteiger partial charge on any atom is -0.391 e. The standard InChI is InChI=1S/C25H30N4O5/c1-3-4-15-26-16-22(31)27-21-13-9-19(10-14-21)6-5-18-7-11-20(12-8-18)24(32)28-23(17(2)30)25(33)29-34/h7-14,17,23,26,30,34H,3-4,15-16H2,1-2H3,(H,27,31)(H,28,32)(H,29,33)/t17-,23+/m1/s1. The lowest BCUT2D eigenvalue weighted by molar-refractivity contribution is -0.133. The Kier molecular flexibility index (Phi) is 10.7. The molecule has 3 amide bonds. The highest BCUT2D eigenvalue weighted by Gasteiger charge is 2.25. The molecule has 180 valence electrons. The van der Waals surface area contributed by atoms with E-state index in [1.807, 2.05) is 0 Å². The summed E-state index contributed by atoms with van der Waals surface area (Å²) >= 11 is 0. The molecule has 2 atom stereocenters. The van der Waals surface area contributed by atoms with Gasteiger partial charge in [-0.25, -0.2) is 5.48 Å². The molecule has 0 aliphatic carbocycles. The second-order valence-electron chi connectivity index (χ2n) is 7.65. The number of amides is 3. The highest BCUT2D eigenvalue weighted by Crippen LogP contribution is 2.10. The average molecular weight is 467 g/mol. The van der Waals surface area contributed by atoms with Gasteiger partial charge in [0, 0.05) is 22.4 Å². The number of hydroxylamine groups is 1. The minimum atomic E-state index is -1.29. The summed E-state index contributed by atoms with van der Waals surface area (Å²) in [5.41, 5.74) is 3.81. The van der Waals surface area contributed by atoms with Crippen molar-refractivity contribution in [3.63, 3.8) is 0 Å². The maximum atomic E-state index is 12.3. The summed E-state index contributed by atoms with van der Waals surface area (Å²) < 4.78 is 0. The topological polar surface area (TPSA) is 140 Å². The number of aliphatic hydroxyl groups excluding tert-OH is 1. The van der Waals surface area contributed by atoms with Gasteiger partial charge < -0.3 is 21.1 Å². The fourth-order valence-electron chi connectivity index (χ4n) is 2.89. The summed E-state index contributed by atoms with van der Waals surface area (Å²) in [6.07, 6.45) is 0.916. The van der Waals surface area contributed by atoms with Gasteiger partial charge in [-0.2, -0.15) is 0 Å². The number of rotatable bonds is 10. The molecule has 0 aromatic heterocycles. The fourth-order valence-corrected chi connectivity index (χ4v) is 2.89. The molecule has 0 bridgehead atoms. The summed E-state index contributed by atoms with van der Waals surface area (Å²) in [6, 6.07) is 12.3. The predicted octanol–water partition coefficient (Wildman–Crippen LogP) is 1.40. The molecular weight excluding hydrogens is 436 g/mol. The highest BCUT2D eigenvalue weighted by atomic mass is 16.5. The molecular formula is C25H30N4O5. The molecule has 9 heteroatoms. The van der Waals surface area contributed by atoms with Crippen molar-refractivity contribution < 1.29 is 24.7 Å². The van der Waals surface area contributed by atoms with Crippen LogP contribution >= 0.6 is 0 Å². The molecule has 0 radical (unpaired) electrons. The van der Waals surface area contributed by atoms with E-state index in [1.54, 1.807) is 48.5 Å². The lowest BCUT2D eigenvalue weighted by atomic mass is 10.1. The number of hydrogen-bond donors (Lipinski definition) is 6. The fraction of sp³-hybridized carbons (Fsp3) is 0.320.